The van der Waals surface area contributed by atoms with Crippen LogP contribution in [0.4, 0.5) is 17.1 Å². The first-order valence-electron chi connectivity index (χ1n) is 19.5. The van der Waals surface area contributed by atoms with Gasteiger partial charge in [-0.15, -0.1) is 0 Å². The number of para-hydroxylation sites is 2. The normalized spacial score (nSPS) is 13.9. The second kappa shape index (κ2) is 14.6. The molecule has 266 valence electrons. The largest absolute Gasteiger partial charge is 0.310 e. The quantitative estimate of drug-likeness (QED) is 0.152. The third-order valence-corrected chi connectivity index (χ3v) is 11.2. The minimum Gasteiger partial charge on any atom is -0.310 e. The van der Waals surface area contributed by atoms with Crippen LogP contribution in [0.3, 0.4) is 0 Å². The highest BCUT2D eigenvalue weighted by molar-refractivity contribution is 6.16. The number of fused-ring (bicyclic) bond motifs is 3. The highest BCUT2D eigenvalue weighted by atomic mass is 15.1. The Hall–Kier alpha value is -7.16. The average molecular weight is 717 g/mol. The molecule has 1 unspecified atom stereocenters. The third-order valence-electron chi connectivity index (χ3n) is 11.2. The van der Waals surface area contributed by atoms with Gasteiger partial charge >= 0.3 is 0 Å². The van der Waals surface area contributed by atoms with E-state index in [-0.39, 0.29) is 0 Å². The van der Waals surface area contributed by atoms with E-state index in [0.717, 1.165) is 29.2 Å². The third kappa shape index (κ3) is 6.12. The smallest absolute Gasteiger partial charge is 0.0547 e. The van der Waals surface area contributed by atoms with E-state index in [4.69, 9.17) is 0 Å². The molecule has 2 heteroatoms. The Morgan fingerprint density at radius 3 is 1.82 bits per heavy atom. The number of nitrogens with zero attached hydrogens (tertiary/aromatic N) is 2. The minimum absolute atomic E-state index is 0.331. The van der Waals surface area contributed by atoms with Crippen molar-refractivity contribution < 1.29 is 0 Å². The van der Waals surface area contributed by atoms with Crippen molar-refractivity contribution in [3.05, 3.63) is 236 Å². The summed E-state index contributed by atoms with van der Waals surface area (Å²) in [4.78, 5) is 2.40. The second-order valence-corrected chi connectivity index (χ2v) is 14.5. The molecule has 56 heavy (non-hydrogen) atoms. The molecule has 1 aliphatic rings. The maximum absolute atomic E-state index is 2.40. The Kier molecular flexibility index (Phi) is 8.70. The molecule has 0 aliphatic heterocycles. The summed E-state index contributed by atoms with van der Waals surface area (Å²) in [5, 5.41) is 2.50. The molecule has 2 nitrogen and oxygen atoms in total. The molecular weight excluding hydrogens is 677 g/mol. The summed E-state index contributed by atoms with van der Waals surface area (Å²) in [6.45, 7) is 0. The zero-order chi connectivity index (χ0) is 37.3. The molecule has 0 N–H and O–H groups in total. The van der Waals surface area contributed by atoms with Gasteiger partial charge in [0.2, 0.25) is 0 Å². The summed E-state index contributed by atoms with van der Waals surface area (Å²) >= 11 is 0. The summed E-state index contributed by atoms with van der Waals surface area (Å²) in [7, 11) is 0. The van der Waals surface area contributed by atoms with E-state index in [0.29, 0.717) is 5.92 Å². The lowest BCUT2D eigenvalue weighted by atomic mass is 9.82. The molecule has 0 saturated heterocycles. The molecule has 1 aliphatic carbocycles. The van der Waals surface area contributed by atoms with Crippen molar-refractivity contribution in [3.63, 3.8) is 0 Å². The molecular formula is C54H40N2. The van der Waals surface area contributed by atoms with Gasteiger partial charge in [-0.3, -0.25) is 0 Å². The molecule has 0 radical (unpaired) electrons. The van der Waals surface area contributed by atoms with Crippen LogP contribution >= 0.6 is 0 Å². The summed E-state index contributed by atoms with van der Waals surface area (Å²) in [5.74, 6) is 0.331. The van der Waals surface area contributed by atoms with Gasteiger partial charge in [-0.25, -0.2) is 0 Å². The fourth-order valence-electron chi connectivity index (χ4n) is 8.56. The summed E-state index contributed by atoms with van der Waals surface area (Å²) in [6.07, 6.45) is 7.77. The van der Waals surface area contributed by atoms with E-state index < -0.39 is 0 Å². The van der Waals surface area contributed by atoms with Gasteiger partial charge in [0.05, 0.1) is 11.0 Å². The molecule has 0 amide bonds. The van der Waals surface area contributed by atoms with Gasteiger partial charge in [-0.2, -0.15) is 0 Å². The van der Waals surface area contributed by atoms with Crippen LogP contribution in [-0.4, -0.2) is 4.57 Å². The van der Waals surface area contributed by atoms with Crippen molar-refractivity contribution in [2.24, 2.45) is 0 Å². The first kappa shape index (κ1) is 33.4. The highest BCUT2D eigenvalue weighted by Gasteiger charge is 2.21. The highest BCUT2D eigenvalue weighted by Crippen LogP contribution is 2.43. The molecule has 0 fully saturated rings. The van der Waals surface area contributed by atoms with E-state index in [1.807, 2.05) is 0 Å². The average Bonchev–Trinajstić information content (AvgIpc) is 3.63. The fraction of sp³-hybridized carbons (Fsp3) is 0.0370. The van der Waals surface area contributed by atoms with Crippen LogP contribution in [0.1, 0.15) is 23.5 Å². The molecule has 1 aromatic heterocycles. The Morgan fingerprint density at radius 1 is 0.446 bits per heavy atom. The monoisotopic (exact) mass is 716 g/mol. The van der Waals surface area contributed by atoms with Gasteiger partial charge in [0, 0.05) is 39.4 Å². The molecule has 1 atom stereocenters. The van der Waals surface area contributed by atoms with Gasteiger partial charge in [-0.05, 0) is 106 Å². The van der Waals surface area contributed by atoms with Crippen molar-refractivity contribution >= 4 is 44.4 Å². The summed E-state index contributed by atoms with van der Waals surface area (Å²) < 4.78 is 2.39. The van der Waals surface area contributed by atoms with Crippen LogP contribution in [0.15, 0.2) is 224 Å². The standard InChI is InChI=1S/C54H40N2/c1-4-17-39(18-5-1)42-21-14-25-46(37-42)55(45-35-33-41(34-36-45)49-28-11-10-27-48(49)40-19-6-2-7-20-40)47-26-15-22-43(38-47)50-30-16-32-53-54(50)51-29-12-13-31-52(51)56(53)44-23-8-3-9-24-44/h1-26,28-38,48H,27H2. The van der Waals surface area contributed by atoms with E-state index in [9.17, 15) is 0 Å². The minimum atomic E-state index is 0.331. The Labute approximate surface area is 328 Å². The maximum Gasteiger partial charge on any atom is 0.0547 e. The summed E-state index contributed by atoms with van der Waals surface area (Å²) in [6, 6.07) is 74.8. The number of benzene rings is 8. The van der Waals surface area contributed by atoms with Crippen LogP contribution < -0.4 is 4.90 Å². The Morgan fingerprint density at radius 2 is 1.05 bits per heavy atom. The number of hydrogen-bond donors (Lipinski definition) is 0. The lowest BCUT2D eigenvalue weighted by Crippen LogP contribution is -2.10. The lowest BCUT2D eigenvalue weighted by molar-refractivity contribution is 0.874. The van der Waals surface area contributed by atoms with Crippen molar-refractivity contribution in [1.29, 1.82) is 0 Å². The zero-order valence-corrected chi connectivity index (χ0v) is 31.0. The first-order valence-corrected chi connectivity index (χ1v) is 19.5. The number of anilines is 3. The Balaban J connectivity index is 1.11. The van der Waals surface area contributed by atoms with Gasteiger partial charge in [0.25, 0.3) is 0 Å². The number of allylic oxidation sites excluding steroid dienone is 4. The second-order valence-electron chi connectivity index (χ2n) is 14.5. The molecule has 8 aromatic carbocycles. The van der Waals surface area contributed by atoms with Crippen molar-refractivity contribution in [2.75, 3.05) is 4.90 Å². The number of rotatable bonds is 8. The molecule has 0 spiro atoms. The van der Waals surface area contributed by atoms with E-state index in [1.54, 1.807) is 0 Å². The topological polar surface area (TPSA) is 8.17 Å². The maximum atomic E-state index is 2.40. The van der Waals surface area contributed by atoms with Crippen LogP contribution in [0.2, 0.25) is 0 Å². The Bertz CT molecular complexity index is 2860. The van der Waals surface area contributed by atoms with Crippen molar-refractivity contribution in [2.45, 2.75) is 12.3 Å². The van der Waals surface area contributed by atoms with Crippen molar-refractivity contribution in [3.8, 4) is 27.9 Å². The first-order chi connectivity index (χ1) is 27.8. The van der Waals surface area contributed by atoms with E-state index in [2.05, 4.69) is 234 Å². The predicted molar refractivity (Wildman–Crippen MR) is 237 cm³/mol. The fourth-order valence-corrected chi connectivity index (χ4v) is 8.56. The van der Waals surface area contributed by atoms with Crippen LogP contribution in [-0.2, 0) is 0 Å². The molecule has 0 bridgehead atoms. The molecule has 9 aromatic rings. The van der Waals surface area contributed by atoms with Crippen LogP contribution in [0, 0.1) is 0 Å². The lowest BCUT2D eigenvalue weighted by Gasteiger charge is -2.27. The van der Waals surface area contributed by atoms with E-state index in [1.165, 1.54) is 60.8 Å². The number of hydrogen-bond acceptors (Lipinski definition) is 1. The number of aromatic nitrogens is 1. The van der Waals surface area contributed by atoms with Gasteiger partial charge in [-0.1, -0.05) is 164 Å². The predicted octanol–water partition coefficient (Wildman–Crippen LogP) is 14.7. The molecule has 10 rings (SSSR count). The zero-order valence-electron chi connectivity index (χ0n) is 31.0. The van der Waals surface area contributed by atoms with Crippen molar-refractivity contribution in [1.82, 2.24) is 4.57 Å². The van der Waals surface area contributed by atoms with Crippen LogP contribution in [0.5, 0.6) is 0 Å². The van der Waals surface area contributed by atoms with Crippen LogP contribution in [0.25, 0.3) is 55.3 Å². The molecule has 0 saturated carbocycles. The van der Waals surface area contributed by atoms with E-state index >= 15 is 0 Å². The van der Waals surface area contributed by atoms with Gasteiger partial charge in [0.1, 0.15) is 0 Å². The molecule has 1 heterocycles. The van der Waals surface area contributed by atoms with Gasteiger partial charge in [0.15, 0.2) is 0 Å². The van der Waals surface area contributed by atoms with Gasteiger partial charge < -0.3 is 9.47 Å². The SMILES string of the molecule is C1=CCC(c2ccccc2)C(c2ccc(N(c3cccc(-c4ccccc4)c3)c3cccc(-c4cccc5c4c4ccccc4n5-c4ccccc4)c3)cc2)=C1. The summed E-state index contributed by atoms with van der Waals surface area (Å²) in [5.41, 5.74) is 15.6.